The van der Waals surface area contributed by atoms with Crippen LogP contribution in [0.5, 0.6) is 0 Å². The summed E-state index contributed by atoms with van der Waals surface area (Å²) < 4.78 is 6.02. The molecule has 6 heteroatoms. The number of aromatic nitrogens is 3. The Kier molecular flexibility index (Phi) is 2.97. The summed E-state index contributed by atoms with van der Waals surface area (Å²) in [5.41, 5.74) is 5.60. The lowest BCUT2D eigenvalue weighted by Gasteiger charge is -2.16. The van der Waals surface area contributed by atoms with Crippen LogP contribution in [0.4, 0.5) is 0 Å². The maximum absolute atomic E-state index is 11.0. The molecule has 72 valence electrons. The zero-order valence-corrected chi connectivity index (χ0v) is 7.54. The smallest absolute Gasteiger partial charge is 0.324 e. The third-order valence-electron chi connectivity index (χ3n) is 1.85. The van der Waals surface area contributed by atoms with E-state index in [1.807, 2.05) is 0 Å². The first-order valence-corrected chi connectivity index (χ1v) is 3.84. The average Bonchev–Trinajstić information content (AvgIpc) is 2.67. The summed E-state index contributed by atoms with van der Waals surface area (Å²) in [6.07, 6.45) is 2.90. The van der Waals surface area contributed by atoms with E-state index in [0.29, 0.717) is 0 Å². The average molecular weight is 184 g/mol. The third-order valence-corrected chi connectivity index (χ3v) is 1.85. The molecule has 0 radical (unpaired) electrons. The number of nitrogens with two attached hydrogens (primary N) is 1. The molecular formula is C7H12N4O2. The van der Waals surface area contributed by atoms with Crippen LogP contribution in [0.2, 0.25) is 0 Å². The van der Waals surface area contributed by atoms with Gasteiger partial charge in [-0.25, -0.2) is 9.67 Å². The molecule has 0 unspecified atom stereocenters. The van der Waals surface area contributed by atoms with Crippen molar-refractivity contribution in [3.63, 3.8) is 0 Å². The number of carbonyl (C=O) groups excluding carboxylic acids is 1. The molecule has 1 rings (SSSR count). The van der Waals surface area contributed by atoms with Crippen molar-refractivity contribution in [2.24, 2.45) is 5.73 Å². The van der Waals surface area contributed by atoms with E-state index in [4.69, 9.17) is 5.73 Å². The standard InChI is InChI=1S/C7H12N4O2/c1-5(6(8)7(12)13-2)11-4-9-3-10-11/h3-6H,8H2,1-2H3/t5-,6-/m0/s1. The van der Waals surface area contributed by atoms with Gasteiger partial charge in [0, 0.05) is 0 Å². The van der Waals surface area contributed by atoms with Gasteiger partial charge in [-0.3, -0.25) is 4.79 Å². The minimum absolute atomic E-state index is 0.255. The van der Waals surface area contributed by atoms with Crippen molar-refractivity contribution in [2.45, 2.75) is 19.0 Å². The Morgan fingerprint density at radius 1 is 1.69 bits per heavy atom. The predicted octanol–water partition coefficient (Wildman–Crippen LogP) is -0.661. The molecule has 1 aromatic heterocycles. The highest BCUT2D eigenvalue weighted by atomic mass is 16.5. The van der Waals surface area contributed by atoms with E-state index >= 15 is 0 Å². The van der Waals surface area contributed by atoms with Gasteiger partial charge in [0.25, 0.3) is 0 Å². The first-order valence-electron chi connectivity index (χ1n) is 3.84. The van der Waals surface area contributed by atoms with Crippen LogP contribution >= 0.6 is 0 Å². The van der Waals surface area contributed by atoms with Gasteiger partial charge in [0.2, 0.25) is 0 Å². The van der Waals surface area contributed by atoms with E-state index in [1.165, 1.54) is 24.4 Å². The fourth-order valence-corrected chi connectivity index (χ4v) is 0.925. The molecule has 0 aromatic carbocycles. The molecule has 6 nitrogen and oxygen atoms in total. The normalized spacial score (nSPS) is 15.0. The van der Waals surface area contributed by atoms with Gasteiger partial charge in [-0.05, 0) is 6.92 Å². The monoisotopic (exact) mass is 184 g/mol. The summed E-state index contributed by atoms with van der Waals surface area (Å²) in [5.74, 6) is -0.456. The Bertz CT molecular complexity index is 272. The highest BCUT2D eigenvalue weighted by molar-refractivity contribution is 5.75. The molecule has 0 aliphatic heterocycles. The van der Waals surface area contributed by atoms with Crippen LogP contribution in [0.3, 0.4) is 0 Å². The lowest BCUT2D eigenvalue weighted by molar-refractivity contribution is -0.143. The SMILES string of the molecule is COC(=O)[C@@H](N)[C@H](C)n1cncn1. The molecule has 0 bridgehead atoms. The van der Waals surface area contributed by atoms with E-state index in [-0.39, 0.29) is 6.04 Å². The van der Waals surface area contributed by atoms with Crippen LogP contribution in [-0.2, 0) is 9.53 Å². The zero-order valence-electron chi connectivity index (χ0n) is 7.54. The summed E-state index contributed by atoms with van der Waals surface area (Å²) in [5, 5.41) is 3.87. The second-order valence-electron chi connectivity index (χ2n) is 2.67. The summed E-state index contributed by atoms with van der Waals surface area (Å²) in [6.45, 7) is 1.77. The Labute approximate surface area is 75.7 Å². The van der Waals surface area contributed by atoms with E-state index in [1.54, 1.807) is 6.92 Å². The van der Waals surface area contributed by atoms with Crippen LogP contribution in [0.15, 0.2) is 12.7 Å². The largest absolute Gasteiger partial charge is 0.468 e. The van der Waals surface area contributed by atoms with Crippen molar-refractivity contribution >= 4 is 5.97 Å². The molecule has 0 saturated carbocycles. The zero-order chi connectivity index (χ0) is 9.84. The number of ether oxygens (including phenoxy) is 1. The Balaban J connectivity index is 2.68. The molecule has 0 amide bonds. The van der Waals surface area contributed by atoms with E-state index in [9.17, 15) is 4.79 Å². The Morgan fingerprint density at radius 3 is 2.85 bits per heavy atom. The lowest BCUT2D eigenvalue weighted by Crippen LogP contribution is -2.39. The molecule has 0 aliphatic carbocycles. The van der Waals surface area contributed by atoms with Crippen LogP contribution in [0, 0.1) is 0 Å². The number of hydrogen-bond donors (Lipinski definition) is 1. The summed E-state index contributed by atoms with van der Waals surface area (Å²) in [6, 6.07) is -0.971. The first kappa shape index (κ1) is 9.66. The van der Waals surface area contributed by atoms with Crippen molar-refractivity contribution < 1.29 is 9.53 Å². The fourth-order valence-electron chi connectivity index (χ4n) is 0.925. The lowest BCUT2D eigenvalue weighted by atomic mass is 10.1. The van der Waals surface area contributed by atoms with Gasteiger partial charge >= 0.3 is 5.97 Å². The van der Waals surface area contributed by atoms with Gasteiger partial charge in [0.1, 0.15) is 18.7 Å². The Morgan fingerprint density at radius 2 is 2.38 bits per heavy atom. The van der Waals surface area contributed by atoms with Crippen LogP contribution in [-0.4, -0.2) is 33.9 Å². The van der Waals surface area contributed by atoms with E-state index in [0.717, 1.165) is 0 Å². The maximum Gasteiger partial charge on any atom is 0.324 e. The second-order valence-corrected chi connectivity index (χ2v) is 2.67. The molecule has 2 atom stereocenters. The number of nitrogens with zero attached hydrogens (tertiary/aromatic N) is 3. The van der Waals surface area contributed by atoms with E-state index in [2.05, 4.69) is 14.8 Å². The van der Waals surface area contributed by atoms with Crippen LogP contribution < -0.4 is 5.73 Å². The number of rotatable bonds is 3. The van der Waals surface area contributed by atoms with Gasteiger partial charge < -0.3 is 10.5 Å². The van der Waals surface area contributed by atoms with Gasteiger partial charge in [-0.1, -0.05) is 0 Å². The predicted molar refractivity (Wildman–Crippen MR) is 44.7 cm³/mol. The summed E-state index contributed by atoms with van der Waals surface area (Å²) in [7, 11) is 1.30. The van der Waals surface area contributed by atoms with Crippen molar-refractivity contribution in [3.05, 3.63) is 12.7 Å². The third kappa shape index (κ3) is 2.03. The summed E-state index contributed by atoms with van der Waals surface area (Å²) in [4.78, 5) is 14.8. The first-order chi connectivity index (χ1) is 6.16. The number of carbonyl (C=O) groups is 1. The number of methoxy groups -OCH3 is 1. The molecule has 0 aliphatic rings. The van der Waals surface area contributed by atoms with Crippen molar-refractivity contribution in [1.82, 2.24) is 14.8 Å². The summed E-state index contributed by atoms with van der Waals surface area (Å²) >= 11 is 0. The van der Waals surface area contributed by atoms with Gasteiger partial charge in [-0.2, -0.15) is 5.10 Å². The fraction of sp³-hybridized carbons (Fsp3) is 0.571. The Hall–Kier alpha value is -1.43. The van der Waals surface area contributed by atoms with Crippen LogP contribution in [0.1, 0.15) is 13.0 Å². The highest BCUT2D eigenvalue weighted by Gasteiger charge is 2.23. The van der Waals surface area contributed by atoms with Crippen molar-refractivity contribution in [2.75, 3.05) is 7.11 Å². The minimum atomic E-state index is -0.716. The quantitative estimate of drug-likeness (QED) is 0.630. The maximum atomic E-state index is 11.0. The van der Waals surface area contributed by atoms with E-state index < -0.39 is 12.0 Å². The molecule has 0 saturated heterocycles. The molecule has 1 heterocycles. The molecule has 0 fully saturated rings. The van der Waals surface area contributed by atoms with Crippen molar-refractivity contribution in [3.8, 4) is 0 Å². The van der Waals surface area contributed by atoms with Gasteiger partial charge in [0.05, 0.1) is 13.2 Å². The van der Waals surface area contributed by atoms with Crippen LogP contribution in [0.25, 0.3) is 0 Å². The molecule has 0 spiro atoms. The second kappa shape index (κ2) is 3.99. The minimum Gasteiger partial charge on any atom is -0.468 e. The van der Waals surface area contributed by atoms with Crippen molar-refractivity contribution in [1.29, 1.82) is 0 Å². The molecular weight excluding hydrogens is 172 g/mol. The highest BCUT2D eigenvalue weighted by Crippen LogP contribution is 2.07. The number of esters is 1. The van der Waals surface area contributed by atoms with Gasteiger partial charge in [0.15, 0.2) is 0 Å². The molecule has 13 heavy (non-hydrogen) atoms. The topological polar surface area (TPSA) is 83.0 Å². The molecule has 1 aromatic rings. The van der Waals surface area contributed by atoms with Gasteiger partial charge in [-0.15, -0.1) is 0 Å². The number of hydrogen-bond acceptors (Lipinski definition) is 5. The molecule has 2 N–H and O–H groups in total.